The normalized spacial score (nSPS) is 21.0. The van der Waals surface area contributed by atoms with Crippen LogP contribution < -0.4 is 10.6 Å². The van der Waals surface area contributed by atoms with Gasteiger partial charge in [-0.25, -0.2) is 0 Å². The lowest BCUT2D eigenvalue weighted by Gasteiger charge is -2.15. The molecule has 1 heterocycles. The molecule has 2 N–H and O–H groups in total. The monoisotopic (exact) mass is 245 g/mol. The maximum atomic E-state index is 5.17. The van der Waals surface area contributed by atoms with Crippen LogP contribution in [0.15, 0.2) is 0 Å². The van der Waals surface area contributed by atoms with Crippen LogP contribution in [-0.4, -0.2) is 56.5 Å². The van der Waals surface area contributed by atoms with Crippen LogP contribution >= 0.6 is 12.2 Å². The summed E-state index contributed by atoms with van der Waals surface area (Å²) in [6, 6.07) is 0. The summed E-state index contributed by atoms with van der Waals surface area (Å²) in [6.45, 7) is 8.24. The molecule has 1 aliphatic rings. The van der Waals surface area contributed by atoms with Gasteiger partial charge in [0.15, 0.2) is 5.11 Å². The van der Waals surface area contributed by atoms with Gasteiger partial charge in [0, 0.05) is 26.7 Å². The molecule has 1 rings (SSSR count). The smallest absolute Gasteiger partial charge is 0.166 e. The highest BCUT2D eigenvalue weighted by Gasteiger charge is 2.20. The maximum absolute atomic E-state index is 5.17. The lowest BCUT2D eigenvalue weighted by atomic mass is 10.1. The molecule has 1 saturated heterocycles. The summed E-state index contributed by atoms with van der Waals surface area (Å²) in [4.78, 5) is 2.48. The van der Waals surface area contributed by atoms with Crippen molar-refractivity contribution < 1.29 is 4.74 Å². The van der Waals surface area contributed by atoms with Crippen molar-refractivity contribution in [3.05, 3.63) is 0 Å². The molecule has 0 aliphatic carbocycles. The van der Waals surface area contributed by atoms with E-state index in [1.807, 2.05) is 0 Å². The summed E-state index contributed by atoms with van der Waals surface area (Å²) >= 11 is 5.17. The first kappa shape index (κ1) is 13.7. The molecule has 16 heavy (non-hydrogen) atoms. The number of likely N-dealkylation sites (tertiary alicyclic amines) is 1. The van der Waals surface area contributed by atoms with Gasteiger partial charge in [-0.1, -0.05) is 6.92 Å². The van der Waals surface area contributed by atoms with Crippen molar-refractivity contribution in [2.75, 3.05) is 46.4 Å². The minimum absolute atomic E-state index is 0.689. The predicted molar refractivity (Wildman–Crippen MR) is 70.7 cm³/mol. The van der Waals surface area contributed by atoms with Gasteiger partial charge in [-0.15, -0.1) is 0 Å². The zero-order chi connectivity index (χ0) is 11.8. The van der Waals surface area contributed by atoms with Crippen LogP contribution in [0, 0.1) is 5.92 Å². The molecule has 0 aromatic rings. The zero-order valence-corrected chi connectivity index (χ0v) is 11.1. The molecule has 1 atom stereocenters. The lowest BCUT2D eigenvalue weighted by Crippen LogP contribution is -2.39. The Hall–Kier alpha value is -0.390. The molecule has 1 unspecified atom stereocenters. The highest BCUT2D eigenvalue weighted by molar-refractivity contribution is 7.80. The van der Waals surface area contributed by atoms with Crippen LogP contribution in [0.1, 0.15) is 13.3 Å². The maximum Gasteiger partial charge on any atom is 0.166 e. The Balaban J connectivity index is 2.04. The summed E-state index contributed by atoms with van der Waals surface area (Å²) in [5, 5.41) is 7.12. The number of hydrogen-bond donors (Lipinski definition) is 2. The van der Waals surface area contributed by atoms with Crippen molar-refractivity contribution in [2.24, 2.45) is 5.92 Å². The minimum atomic E-state index is 0.689. The molecule has 0 aromatic heterocycles. The van der Waals surface area contributed by atoms with E-state index in [1.54, 1.807) is 7.11 Å². The Morgan fingerprint density at radius 1 is 1.50 bits per heavy atom. The molecule has 0 amide bonds. The molecule has 1 aliphatic heterocycles. The van der Waals surface area contributed by atoms with Crippen LogP contribution in [0.25, 0.3) is 0 Å². The largest absolute Gasteiger partial charge is 0.383 e. The molecule has 4 nitrogen and oxygen atoms in total. The van der Waals surface area contributed by atoms with E-state index in [0.717, 1.165) is 30.7 Å². The quantitative estimate of drug-likeness (QED) is 0.524. The van der Waals surface area contributed by atoms with Gasteiger partial charge in [0.05, 0.1) is 6.61 Å². The van der Waals surface area contributed by atoms with Crippen molar-refractivity contribution in [3.63, 3.8) is 0 Å². The van der Waals surface area contributed by atoms with E-state index >= 15 is 0 Å². The fourth-order valence-electron chi connectivity index (χ4n) is 1.93. The summed E-state index contributed by atoms with van der Waals surface area (Å²) in [7, 11) is 1.69. The first-order valence-electron chi connectivity index (χ1n) is 5.99. The third-order valence-electron chi connectivity index (χ3n) is 2.96. The highest BCUT2D eigenvalue weighted by atomic mass is 32.1. The van der Waals surface area contributed by atoms with E-state index in [1.165, 1.54) is 19.5 Å². The molecule has 5 heteroatoms. The fourth-order valence-corrected chi connectivity index (χ4v) is 2.12. The molecular weight excluding hydrogens is 222 g/mol. The van der Waals surface area contributed by atoms with Crippen LogP contribution in [0.5, 0.6) is 0 Å². The molecule has 0 bridgehead atoms. The fraction of sp³-hybridized carbons (Fsp3) is 0.909. The van der Waals surface area contributed by atoms with E-state index in [4.69, 9.17) is 17.0 Å². The zero-order valence-electron chi connectivity index (χ0n) is 10.3. The van der Waals surface area contributed by atoms with E-state index in [9.17, 15) is 0 Å². The van der Waals surface area contributed by atoms with Gasteiger partial charge in [0.25, 0.3) is 0 Å². The second-order valence-corrected chi connectivity index (χ2v) is 4.59. The van der Waals surface area contributed by atoms with E-state index < -0.39 is 0 Å². The van der Waals surface area contributed by atoms with E-state index in [0.29, 0.717) is 6.61 Å². The van der Waals surface area contributed by atoms with Crippen molar-refractivity contribution in [3.8, 4) is 0 Å². The van der Waals surface area contributed by atoms with Gasteiger partial charge in [-0.05, 0) is 37.6 Å². The van der Waals surface area contributed by atoms with Crippen molar-refractivity contribution >= 4 is 17.3 Å². The van der Waals surface area contributed by atoms with Crippen LogP contribution in [0.2, 0.25) is 0 Å². The molecule has 1 fully saturated rings. The van der Waals surface area contributed by atoms with E-state index in [-0.39, 0.29) is 0 Å². The summed E-state index contributed by atoms with van der Waals surface area (Å²) in [6.07, 6.45) is 1.28. The molecule has 0 aromatic carbocycles. The third-order valence-corrected chi connectivity index (χ3v) is 3.25. The third kappa shape index (κ3) is 5.09. The Kier molecular flexibility index (Phi) is 6.68. The Morgan fingerprint density at radius 3 is 2.94 bits per heavy atom. The number of rotatable bonds is 6. The van der Waals surface area contributed by atoms with Gasteiger partial charge >= 0.3 is 0 Å². The second kappa shape index (κ2) is 7.81. The summed E-state index contributed by atoms with van der Waals surface area (Å²) < 4.78 is 4.94. The number of ether oxygens (including phenoxy) is 1. The van der Waals surface area contributed by atoms with E-state index in [2.05, 4.69) is 22.5 Å². The Labute approximate surface area is 104 Å². The second-order valence-electron chi connectivity index (χ2n) is 4.18. The first-order valence-corrected chi connectivity index (χ1v) is 6.40. The van der Waals surface area contributed by atoms with Crippen LogP contribution in [0.4, 0.5) is 0 Å². The molecule has 94 valence electrons. The first-order chi connectivity index (χ1) is 7.76. The van der Waals surface area contributed by atoms with Gasteiger partial charge in [0.2, 0.25) is 0 Å². The van der Waals surface area contributed by atoms with Gasteiger partial charge < -0.3 is 20.3 Å². The molecule has 0 radical (unpaired) electrons. The number of nitrogens with zero attached hydrogens (tertiary/aromatic N) is 1. The summed E-state index contributed by atoms with van der Waals surface area (Å²) in [5.74, 6) is 0.738. The van der Waals surface area contributed by atoms with Crippen molar-refractivity contribution in [2.45, 2.75) is 13.3 Å². The topological polar surface area (TPSA) is 36.5 Å². The standard InChI is InChI=1S/C11H23N3OS/c1-3-14-6-4-10(9-14)8-13-11(16)12-5-7-15-2/h10H,3-9H2,1-2H3,(H2,12,13,16). The average molecular weight is 245 g/mol. The van der Waals surface area contributed by atoms with Gasteiger partial charge in [-0.3, -0.25) is 0 Å². The highest BCUT2D eigenvalue weighted by Crippen LogP contribution is 2.14. The minimum Gasteiger partial charge on any atom is -0.383 e. The number of thiocarbonyl (C=S) groups is 1. The molecule has 0 spiro atoms. The number of nitrogens with one attached hydrogen (secondary N) is 2. The Morgan fingerprint density at radius 2 is 2.31 bits per heavy atom. The van der Waals surface area contributed by atoms with Crippen molar-refractivity contribution in [1.82, 2.24) is 15.5 Å². The van der Waals surface area contributed by atoms with Crippen molar-refractivity contribution in [1.29, 1.82) is 0 Å². The number of methoxy groups -OCH3 is 1. The summed E-state index contributed by atoms with van der Waals surface area (Å²) in [5.41, 5.74) is 0. The average Bonchev–Trinajstić information content (AvgIpc) is 2.74. The van der Waals surface area contributed by atoms with Gasteiger partial charge in [0.1, 0.15) is 0 Å². The SMILES string of the molecule is CCN1CCC(CNC(=S)NCCOC)C1. The lowest BCUT2D eigenvalue weighted by molar-refractivity contribution is 0.204. The van der Waals surface area contributed by atoms with Crippen LogP contribution in [-0.2, 0) is 4.74 Å². The molecular formula is C11H23N3OS. The Bertz CT molecular complexity index is 213. The van der Waals surface area contributed by atoms with Gasteiger partial charge in [-0.2, -0.15) is 0 Å². The predicted octanol–water partition coefficient (Wildman–Crippen LogP) is 0.439. The van der Waals surface area contributed by atoms with Crippen LogP contribution in [0.3, 0.4) is 0 Å². The number of hydrogen-bond acceptors (Lipinski definition) is 3. The molecule has 0 saturated carbocycles.